The Hall–Kier alpha value is -0.00623. The van der Waals surface area contributed by atoms with Crippen LogP contribution in [0.5, 0.6) is 0 Å². The SMILES string of the molecule is C[Si](C)(C)OC(=O)N(CCCl)[Si](C)(C)C. The van der Waals surface area contributed by atoms with Crippen molar-refractivity contribution in [3.8, 4) is 0 Å². The number of carbonyl (C=O) groups excluding carboxylic acids is 1. The Morgan fingerprint density at radius 1 is 1.20 bits per heavy atom. The Labute approximate surface area is 100.0 Å². The molecule has 0 bridgehead atoms. The molecule has 0 aromatic heterocycles. The number of nitrogens with zero attached hydrogens (tertiary/aromatic N) is 1. The number of halogens is 1. The van der Waals surface area contributed by atoms with E-state index in [2.05, 4.69) is 19.6 Å². The van der Waals surface area contributed by atoms with Crippen molar-refractivity contribution in [1.82, 2.24) is 4.57 Å². The quantitative estimate of drug-likeness (QED) is 0.578. The van der Waals surface area contributed by atoms with Crippen LogP contribution in [0.2, 0.25) is 39.3 Å². The van der Waals surface area contributed by atoms with Crippen LogP contribution in [-0.2, 0) is 4.43 Å². The molecule has 0 aliphatic heterocycles. The fourth-order valence-electron chi connectivity index (χ4n) is 1.10. The van der Waals surface area contributed by atoms with Gasteiger partial charge in [-0.2, -0.15) is 0 Å². The summed E-state index contributed by atoms with van der Waals surface area (Å²) in [6.07, 6.45) is -0.186. The lowest BCUT2D eigenvalue weighted by Gasteiger charge is -2.35. The van der Waals surface area contributed by atoms with E-state index in [9.17, 15) is 4.79 Å². The number of rotatable bonds is 4. The number of hydrogen-bond donors (Lipinski definition) is 0. The lowest BCUT2D eigenvalue weighted by atomic mass is 10.7. The largest absolute Gasteiger partial charge is 0.505 e. The van der Waals surface area contributed by atoms with Gasteiger partial charge in [0, 0.05) is 12.4 Å². The molecule has 15 heavy (non-hydrogen) atoms. The van der Waals surface area contributed by atoms with Gasteiger partial charge in [0.15, 0.2) is 8.24 Å². The zero-order chi connectivity index (χ0) is 12.3. The second-order valence-corrected chi connectivity index (χ2v) is 15.2. The highest BCUT2D eigenvalue weighted by Crippen LogP contribution is 2.14. The van der Waals surface area contributed by atoms with Crippen molar-refractivity contribution in [3.05, 3.63) is 0 Å². The first-order valence-corrected chi connectivity index (χ1v) is 12.5. The first-order chi connectivity index (χ1) is 6.58. The highest BCUT2D eigenvalue weighted by Gasteiger charge is 2.32. The van der Waals surface area contributed by atoms with Gasteiger partial charge in [0.05, 0.1) is 0 Å². The number of amides is 1. The second kappa shape index (κ2) is 5.36. The van der Waals surface area contributed by atoms with Crippen LogP contribution in [0.15, 0.2) is 0 Å². The first kappa shape index (κ1) is 15.0. The van der Waals surface area contributed by atoms with Gasteiger partial charge in [-0.1, -0.05) is 19.6 Å². The fraction of sp³-hybridized carbons (Fsp3) is 0.889. The van der Waals surface area contributed by atoms with Crippen LogP contribution in [0.4, 0.5) is 4.79 Å². The highest BCUT2D eigenvalue weighted by molar-refractivity contribution is 6.76. The lowest BCUT2D eigenvalue weighted by molar-refractivity contribution is 0.176. The summed E-state index contributed by atoms with van der Waals surface area (Å²) in [6, 6.07) is 0. The van der Waals surface area contributed by atoms with Crippen molar-refractivity contribution in [3.63, 3.8) is 0 Å². The van der Waals surface area contributed by atoms with Gasteiger partial charge in [-0.3, -0.25) is 0 Å². The third kappa shape index (κ3) is 6.22. The number of carbonyl (C=O) groups is 1. The summed E-state index contributed by atoms with van der Waals surface area (Å²) in [6.45, 7) is 13.0. The highest BCUT2D eigenvalue weighted by atomic mass is 35.5. The van der Waals surface area contributed by atoms with Crippen LogP contribution in [0.3, 0.4) is 0 Å². The van der Waals surface area contributed by atoms with Crippen molar-refractivity contribution in [2.45, 2.75) is 39.3 Å². The first-order valence-electron chi connectivity index (χ1n) is 5.14. The molecule has 0 heterocycles. The molecule has 1 amide bonds. The molecule has 0 aliphatic rings. The van der Waals surface area contributed by atoms with Crippen molar-refractivity contribution >= 4 is 34.2 Å². The second-order valence-electron chi connectivity index (χ2n) is 5.49. The molecular weight excluding hydrogens is 246 g/mol. The minimum atomic E-state index is -1.80. The van der Waals surface area contributed by atoms with E-state index in [0.717, 1.165) is 0 Å². The minimum Gasteiger partial charge on any atom is -0.505 e. The topological polar surface area (TPSA) is 29.5 Å². The molecule has 90 valence electrons. The molecule has 0 unspecified atom stereocenters. The molecule has 3 nitrogen and oxygen atoms in total. The molecule has 6 heteroatoms. The van der Waals surface area contributed by atoms with Gasteiger partial charge < -0.3 is 8.99 Å². The summed E-state index contributed by atoms with van der Waals surface area (Å²) < 4.78 is 7.30. The minimum absolute atomic E-state index is 0.186. The van der Waals surface area contributed by atoms with Crippen LogP contribution < -0.4 is 0 Å². The van der Waals surface area contributed by atoms with Crippen molar-refractivity contribution in [2.24, 2.45) is 0 Å². The van der Waals surface area contributed by atoms with E-state index in [-0.39, 0.29) is 6.09 Å². The third-order valence-corrected chi connectivity index (χ3v) is 4.71. The van der Waals surface area contributed by atoms with Crippen LogP contribution in [0.25, 0.3) is 0 Å². The predicted octanol–water partition coefficient (Wildman–Crippen LogP) is 3.33. The molecule has 0 rings (SSSR count). The average molecular weight is 268 g/mol. The van der Waals surface area contributed by atoms with Crippen LogP contribution in [0.1, 0.15) is 0 Å². The van der Waals surface area contributed by atoms with E-state index in [1.165, 1.54) is 0 Å². The van der Waals surface area contributed by atoms with E-state index in [4.69, 9.17) is 16.0 Å². The molecule has 0 aromatic rings. The molecule has 0 atom stereocenters. The Morgan fingerprint density at radius 3 is 1.93 bits per heavy atom. The maximum absolute atomic E-state index is 11.9. The summed E-state index contributed by atoms with van der Waals surface area (Å²) in [5.74, 6) is 0.463. The smallest absolute Gasteiger partial charge is 0.388 e. The normalized spacial score (nSPS) is 12.5. The summed E-state index contributed by atoms with van der Waals surface area (Å²) in [5, 5.41) is 0. The van der Waals surface area contributed by atoms with Crippen LogP contribution >= 0.6 is 11.6 Å². The Bertz CT molecular complexity index is 223. The van der Waals surface area contributed by atoms with Gasteiger partial charge in [-0.15, -0.1) is 11.6 Å². The van der Waals surface area contributed by atoms with Gasteiger partial charge >= 0.3 is 6.09 Å². The molecular formula is C9H22ClNO2Si2. The van der Waals surface area contributed by atoms with Gasteiger partial charge in [-0.25, -0.2) is 4.79 Å². The maximum Gasteiger partial charge on any atom is 0.388 e. The van der Waals surface area contributed by atoms with E-state index in [1.54, 1.807) is 0 Å². The third-order valence-electron chi connectivity index (χ3n) is 1.73. The zero-order valence-electron chi connectivity index (χ0n) is 10.6. The fourth-order valence-corrected chi connectivity index (χ4v) is 3.51. The maximum atomic E-state index is 11.9. The molecule has 0 radical (unpaired) electrons. The zero-order valence-corrected chi connectivity index (χ0v) is 13.3. The van der Waals surface area contributed by atoms with E-state index >= 15 is 0 Å². The van der Waals surface area contributed by atoms with Crippen molar-refractivity contribution in [1.29, 1.82) is 0 Å². The van der Waals surface area contributed by atoms with Gasteiger partial charge in [0.1, 0.15) is 0 Å². The van der Waals surface area contributed by atoms with Crippen LogP contribution in [-0.4, -0.2) is 39.6 Å². The molecule has 0 N–H and O–H groups in total. The summed E-state index contributed by atoms with van der Waals surface area (Å²) in [7, 11) is -3.48. The molecule has 0 saturated heterocycles. The van der Waals surface area contributed by atoms with Gasteiger partial charge in [-0.05, 0) is 19.6 Å². The van der Waals surface area contributed by atoms with Crippen molar-refractivity contribution < 1.29 is 9.22 Å². The molecule has 0 aromatic carbocycles. The standard InChI is InChI=1S/C9H22ClNO2Si2/c1-14(2,3)11(8-7-10)9(12)13-15(4,5)6/h7-8H2,1-6H3. The van der Waals surface area contributed by atoms with Gasteiger partial charge in [0.2, 0.25) is 8.32 Å². The number of hydrogen-bond acceptors (Lipinski definition) is 2. The summed E-state index contributed by atoms with van der Waals surface area (Å²) in [5.41, 5.74) is 0. The van der Waals surface area contributed by atoms with Crippen molar-refractivity contribution in [2.75, 3.05) is 12.4 Å². The molecule has 0 fully saturated rings. The summed E-state index contributed by atoms with van der Waals surface area (Å²) >= 11 is 5.70. The van der Waals surface area contributed by atoms with Crippen LogP contribution in [0, 0.1) is 0 Å². The lowest BCUT2D eigenvalue weighted by Crippen LogP contribution is -2.52. The average Bonchev–Trinajstić information content (AvgIpc) is 1.93. The van der Waals surface area contributed by atoms with E-state index < -0.39 is 16.6 Å². The summed E-state index contributed by atoms with van der Waals surface area (Å²) in [4.78, 5) is 11.9. The Morgan fingerprint density at radius 2 is 1.67 bits per heavy atom. The van der Waals surface area contributed by atoms with E-state index in [1.807, 2.05) is 24.2 Å². The van der Waals surface area contributed by atoms with E-state index in [0.29, 0.717) is 12.4 Å². The Balaban J connectivity index is 4.58. The predicted molar refractivity (Wildman–Crippen MR) is 70.6 cm³/mol. The number of alkyl halides is 1. The van der Waals surface area contributed by atoms with Gasteiger partial charge in [0.25, 0.3) is 0 Å². The monoisotopic (exact) mass is 267 g/mol. The Kier molecular flexibility index (Phi) is 5.36. The molecule has 0 saturated carbocycles. The molecule has 0 aliphatic carbocycles. The molecule has 0 spiro atoms.